The van der Waals surface area contributed by atoms with Gasteiger partial charge in [-0.25, -0.2) is 5.53 Å². The van der Waals surface area contributed by atoms with Gasteiger partial charge in [0.1, 0.15) is 17.9 Å². The van der Waals surface area contributed by atoms with Crippen LogP contribution in [-0.4, -0.2) is 156 Å². The van der Waals surface area contributed by atoms with E-state index in [4.69, 9.17) is 29.3 Å². The maximum atomic E-state index is 14.4. The molecule has 7 rings (SSSR count). The highest BCUT2D eigenvalue weighted by Gasteiger charge is 2.57. The molecule has 2 bridgehead atoms. The zero-order valence-corrected chi connectivity index (χ0v) is 41.5. The van der Waals surface area contributed by atoms with E-state index in [0.717, 1.165) is 34.4 Å². The van der Waals surface area contributed by atoms with Gasteiger partial charge in [0.2, 0.25) is 5.91 Å². The molecule has 1 unspecified atom stereocenters. The number of para-hydroxylation sites is 1. The smallest absolute Gasteiger partial charge is 0.251 e. The summed E-state index contributed by atoms with van der Waals surface area (Å²) in [5.41, 5.74) is 11.8. The van der Waals surface area contributed by atoms with Crippen molar-refractivity contribution in [2.45, 2.75) is 83.8 Å². The quantitative estimate of drug-likeness (QED) is 0.0482. The predicted octanol–water partition coefficient (Wildman–Crippen LogP) is 5.44. The Morgan fingerprint density at radius 2 is 1.68 bits per heavy atom. The Balaban J connectivity index is 1.17. The van der Waals surface area contributed by atoms with Gasteiger partial charge in [0.05, 0.1) is 72.6 Å². The van der Waals surface area contributed by atoms with Crippen LogP contribution in [0.1, 0.15) is 62.0 Å². The van der Waals surface area contributed by atoms with E-state index in [-0.39, 0.29) is 42.5 Å². The molecule has 0 spiro atoms. The van der Waals surface area contributed by atoms with Crippen LogP contribution in [0.5, 0.6) is 5.75 Å². The Hall–Kier alpha value is -4.52. The number of hydrogen-bond donors (Lipinski definition) is 5. The molecule has 5 N–H and O–H groups in total. The Kier molecular flexibility index (Phi) is 19.3. The van der Waals surface area contributed by atoms with Crippen molar-refractivity contribution >= 4 is 17.5 Å². The number of aliphatic hydroxyl groups is 2. The van der Waals surface area contributed by atoms with Crippen molar-refractivity contribution in [2.24, 2.45) is 34.2 Å². The van der Waals surface area contributed by atoms with E-state index < -0.39 is 24.2 Å². The number of hydroxylamine groups is 2. The average molecular weight is 944 g/mol. The second kappa shape index (κ2) is 24.9. The number of fused-ring (bicyclic) bond motifs is 2. The molecule has 1 saturated heterocycles. The van der Waals surface area contributed by atoms with E-state index in [9.17, 15) is 19.8 Å². The number of aliphatic hydroxyl groups excluding tert-OH is 2. The molecular weight excluding hydrogens is 867 g/mol. The largest absolute Gasteiger partial charge is 0.496 e. The van der Waals surface area contributed by atoms with Crippen LogP contribution in [0, 0.1) is 34.6 Å². The summed E-state index contributed by atoms with van der Waals surface area (Å²) in [5, 5.41) is 33.1. The molecule has 0 radical (unpaired) electrons. The Morgan fingerprint density at radius 3 is 2.31 bits per heavy atom. The first-order chi connectivity index (χ1) is 32.7. The molecule has 3 aromatic rings. The number of nitrogens with one attached hydrogen (secondary N) is 3. The summed E-state index contributed by atoms with van der Waals surface area (Å²) in [6, 6.07) is 20.7. The van der Waals surface area contributed by atoms with Gasteiger partial charge in [0.25, 0.3) is 5.91 Å². The maximum absolute atomic E-state index is 14.4. The molecule has 4 aliphatic rings. The molecule has 16 nitrogen and oxygen atoms in total. The van der Waals surface area contributed by atoms with Crippen molar-refractivity contribution in [1.29, 1.82) is 5.53 Å². The Bertz CT molecular complexity index is 2090. The number of anilines is 1. The molecule has 68 heavy (non-hydrogen) atoms. The summed E-state index contributed by atoms with van der Waals surface area (Å²) in [6.45, 7) is 12.7. The van der Waals surface area contributed by atoms with Gasteiger partial charge in [-0.15, -0.1) is 0 Å². The number of carbonyl (C=O) groups is 2. The minimum Gasteiger partial charge on any atom is -0.496 e. The molecule has 4 fully saturated rings. The van der Waals surface area contributed by atoms with Crippen molar-refractivity contribution in [3.05, 3.63) is 83.4 Å². The summed E-state index contributed by atoms with van der Waals surface area (Å²) in [6.07, 6.45) is 1.03. The SMILES string of the molecule is COc1c(CN2O[C@@H](CO)[C@@H]([C@H](C)O)[C@H]2C(=O)NC2C[C@H]3C[C@@H]([C@@H]2C)C3(C)C)cccc1-c1cc(C(=O)N[C@H](Cc2ccccc2)CN(C)CCOCCOCCOCCN=N)cc(N(C)C)c1. The van der Waals surface area contributed by atoms with E-state index >= 15 is 0 Å². The lowest BCUT2D eigenvalue weighted by atomic mass is 9.45. The number of likely N-dealkylation sites (N-methyl/N-ethyl adjacent to an activating group) is 1. The number of carbonyl (C=O) groups excluding carboxylic acids is 2. The fraction of sp³-hybridized carbons (Fsp3) is 0.615. The molecular formula is C52H77N7O9. The third-order valence-electron chi connectivity index (χ3n) is 14.6. The first kappa shape index (κ1) is 52.8. The number of benzene rings is 3. The van der Waals surface area contributed by atoms with Crippen LogP contribution in [0.25, 0.3) is 11.1 Å². The first-order valence-corrected chi connectivity index (χ1v) is 24.3. The average Bonchev–Trinajstić information content (AvgIpc) is 3.69. The molecule has 3 aromatic carbocycles. The van der Waals surface area contributed by atoms with Gasteiger partial charge in [-0.05, 0) is 85.7 Å². The number of rotatable bonds is 27. The molecule has 16 heteroatoms. The van der Waals surface area contributed by atoms with Crippen LogP contribution in [0.2, 0.25) is 0 Å². The third-order valence-corrected chi connectivity index (χ3v) is 14.6. The second-order valence-corrected chi connectivity index (χ2v) is 19.7. The van der Waals surface area contributed by atoms with Crippen LogP contribution in [0.4, 0.5) is 5.69 Å². The first-order valence-electron chi connectivity index (χ1n) is 24.3. The lowest BCUT2D eigenvalue weighted by Crippen LogP contribution is -2.62. The fourth-order valence-corrected chi connectivity index (χ4v) is 10.7. The molecule has 1 aliphatic heterocycles. The number of amides is 2. The maximum Gasteiger partial charge on any atom is 0.251 e. The minimum atomic E-state index is -0.923. The van der Waals surface area contributed by atoms with Gasteiger partial charge < -0.3 is 49.6 Å². The highest BCUT2D eigenvalue weighted by atomic mass is 16.7. The van der Waals surface area contributed by atoms with Crippen LogP contribution in [0.3, 0.4) is 0 Å². The Morgan fingerprint density at radius 1 is 0.971 bits per heavy atom. The molecule has 1 heterocycles. The minimum absolute atomic E-state index is 0.0164. The molecule has 3 saturated carbocycles. The summed E-state index contributed by atoms with van der Waals surface area (Å²) in [4.78, 5) is 39.3. The van der Waals surface area contributed by atoms with Gasteiger partial charge in [0.15, 0.2) is 0 Å². The van der Waals surface area contributed by atoms with Gasteiger partial charge in [-0.3, -0.25) is 14.4 Å². The summed E-state index contributed by atoms with van der Waals surface area (Å²) in [7, 11) is 7.50. The highest BCUT2D eigenvalue weighted by Crippen LogP contribution is 2.61. The molecule has 2 amide bonds. The van der Waals surface area contributed by atoms with Crippen molar-refractivity contribution < 1.29 is 43.6 Å². The van der Waals surface area contributed by atoms with Gasteiger partial charge in [-0.1, -0.05) is 69.3 Å². The standard InChI is InChI=1S/C52H77N7O9/c1-34-44-29-40(52(44,3)4)30-45(34)56-51(63)48-47(35(2)61)46(33-60)68-59(48)31-37-15-12-16-43(49(37)64-8)38-26-39(28-42(27-38)57(5)6)50(62)55-41(25-36-13-10-9-11-14-36)32-58(7)18-20-66-22-24-67-23-21-65-19-17-54-53/h9-16,26-28,34-35,40-41,44-48,53,60-61H,17-25,29-33H2,1-8H3,(H,55,62)(H,56,63)/t34-,35-,40+,41+,44-,45?,46-,47+,48-/m0/s1. The van der Waals surface area contributed by atoms with Crippen molar-refractivity contribution in [2.75, 3.05) is 99.0 Å². The molecule has 374 valence electrons. The number of methoxy groups -OCH3 is 1. The monoisotopic (exact) mass is 944 g/mol. The topological polar surface area (TPSA) is 191 Å². The lowest BCUT2D eigenvalue weighted by Gasteiger charge is -2.62. The number of ether oxygens (including phenoxy) is 4. The van der Waals surface area contributed by atoms with Gasteiger partial charge >= 0.3 is 0 Å². The van der Waals surface area contributed by atoms with Crippen molar-refractivity contribution in [3.8, 4) is 16.9 Å². The molecule has 0 aromatic heterocycles. The molecule has 3 aliphatic carbocycles. The van der Waals surface area contributed by atoms with Crippen LogP contribution >= 0.6 is 0 Å². The lowest BCUT2D eigenvalue weighted by molar-refractivity contribution is -0.183. The highest BCUT2D eigenvalue weighted by molar-refractivity contribution is 5.97. The van der Waals surface area contributed by atoms with E-state index in [2.05, 4.69) is 53.6 Å². The van der Waals surface area contributed by atoms with Crippen molar-refractivity contribution in [3.63, 3.8) is 0 Å². The normalized spacial score (nSPS) is 24.0. The van der Waals surface area contributed by atoms with E-state index in [0.29, 0.717) is 94.8 Å². The fourth-order valence-electron chi connectivity index (χ4n) is 10.7. The van der Waals surface area contributed by atoms with Crippen molar-refractivity contribution in [1.82, 2.24) is 20.6 Å². The summed E-state index contributed by atoms with van der Waals surface area (Å²) < 4.78 is 22.9. The van der Waals surface area contributed by atoms with E-state index in [1.165, 1.54) is 6.42 Å². The van der Waals surface area contributed by atoms with E-state index in [1.54, 1.807) is 19.1 Å². The summed E-state index contributed by atoms with van der Waals surface area (Å²) >= 11 is 0. The predicted molar refractivity (Wildman–Crippen MR) is 262 cm³/mol. The zero-order valence-electron chi connectivity index (χ0n) is 41.5. The number of nitrogens with zero attached hydrogens (tertiary/aromatic N) is 4. The van der Waals surface area contributed by atoms with Crippen LogP contribution in [0.15, 0.2) is 71.8 Å². The van der Waals surface area contributed by atoms with Crippen LogP contribution in [-0.2, 0) is 36.8 Å². The van der Waals surface area contributed by atoms with Crippen LogP contribution < -0.4 is 20.3 Å². The summed E-state index contributed by atoms with van der Waals surface area (Å²) in [5.74, 6) is 0.868. The zero-order chi connectivity index (χ0) is 49.0. The molecule has 9 atom stereocenters. The van der Waals surface area contributed by atoms with Gasteiger partial charge in [0, 0.05) is 67.6 Å². The second-order valence-electron chi connectivity index (χ2n) is 19.7. The third kappa shape index (κ3) is 13.2. The van der Waals surface area contributed by atoms with Gasteiger partial charge in [-0.2, -0.15) is 10.2 Å². The van der Waals surface area contributed by atoms with E-state index in [1.807, 2.05) is 80.6 Å². The number of hydrogen-bond acceptors (Lipinski definition) is 14. The Labute approximate surface area is 403 Å².